The van der Waals surface area contributed by atoms with Gasteiger partial charge in [0.1, 0.15) is 0 Å². The smallest absolute Gasteiger partial charge is 0.233 e. The molecule has 1 unspecified atom stereocenters. The molecule has 0 radical (unpaired) electrons. The van der Waals surface area contributed by atoms with Crippen LogP contribution in [-0.4, -0.2) is 37.0 Å². The molecule has 4 heteroatoms. The number of likely N-dealkylation sites (N-methyl/N-ethyl adjacent to an activating group) is 1. The fraction of sp³-hybridized carbons (Fsp3) is 0.889. The Kier molecular flexibility index (Phi) is 8.24. The minimum Gasteiger partial charge on any atom is -0.355 e. The number of carbonyl (C=O) groups excluding carboxylic acids is 1. The predicted octanol–water partition coefficient (Wildman–Crippen LogP) is 0.854. The summed E-state index contributed by atoms with van der Waals surface area (Å²) in [5.41, 5.74) is 0. The van der Waals surface area contributed by atoms with Crippen molar-refractivity contribution in [3.05, 3.63) is 0 Å². The first kappa shape index (κ1) is 12.8. The van der Waals surface area contributed by atoms with Crippen LogP contribution in [0, 0.1) is 0 Å². The third kappa shape index (κ3) is 8.12. The SMILES string of the molecule is CCNC(=O)CNC(C)CCSC. The van der Waals surface area contributed by atoms with E-state index in [0.717, 1.165) is 12.2 Å². The Bertz CT molecular complexity index is 142. The third-order valence-corrected chi connectivity index (χ3v) is 2.38. The standard InChI is InChI=1S/C9H20N2OS/c1-4-10-9(12)7-11-8(2)5-6-13-3/h8,11H,4-7H2,1-3H3,(H,10,12). The summed E-state index contributed by atoms with van der Waals surface area (Å²) in [5.74, 6) is 1.22. The summed E-state index contributed by atoms with van der Waals surface area (Å²) in [6, 6.07) is 0.426. The van der Waals surface area contributed by atoms with Crippen molar-refractivity contribution in [3.63, 3.8) is 0 Å². The van der Waals surface area contributed by atoms with Crippen molar-refractivity contribution in [2.24, 2.45) is 0 Å². The van der Waals surface area contributed by atoms with Crippen molar-refractivity contribution < 1.29 is 4.79 Å². The lowest BCUT2D eigenvalue weighted by molar-refractivity contribution is -0.120. The normalized spacial score (nSPS) is 12.5. The first-order valence-electron chi connectivity index (χ1n) is 4.69. The maximum atomic E-state index is 11.0. The number of amides is 1. The van der Waals surface area contributed by atoms with Crippen LogP contribution < -0.4 is 10.6 Å². The minimum atomic E-state index is 0.0819. The van der Waals surface area contributed by atoms with E-state index >= 15 is 0 Å². The second-order valence-electron chi connectivity index (χ2n) is 3.02. The van der Waals surface area contributed by atoms with E-state index in [1.54, 1.807) is 0 Å². The molecule has 78 valence electrons. The predicted molar refractivity (Wildman–Crippen MR) is 59.1 cm³/mol. The zero-order valence-corrected chi connectivity index (χ0v) is 9.54. The van der Waals surface area contributed by atoms with Crippen molar-refractivity contribution in [2.45, 2.75) is 26.3 Å². The number of hydrogen-bond acceptors (Lipinski definition) is 3. The van der Waals surface area contributed by atoms with Gasteiger partial charge in [-0.2, -0.15) is 11.8 Å². The van der Waals surface area contributed by atoms with Gasteiger partial charge in [-0.25, -0.2) is 0 Å². The summed E-state index contributed by atoms with van der Waals surface area (Å²) in [7, 11) is 0. The Labute approximate surface area is 85.0 Å². The molecule has 1 atom stereocenters. The highest BCUT2D eigenvalue weighted by molar-refractivity contribution is 7.98. The van der Waals surface area contributed by atoms with E-state index in [1.807, 2.05) is 18.7 Å². The largest absolute Gasteiger partial charge is 0.355 e. The van der Waals surface area contributed by atoms with Gasteiger partial charge in [0, 0.05) is 12.6 Å². The molecule has 0 aliphatic carbocycles. The molecule has 0 fully saturated rings. The van der Waals surface area contributed by atoms with Gasteiger partial charge in [-0.3, -0.25) is 4.79 Å². The maximum absolute atomic E-state index is 11.0. The van der Waals surface area contributed by atoms with E-state index in [2.05, 4.69) is 23.8 Å². The number of rotatable bonds is 7. The summed E-state index contributed by atoms with van der Waals surface area (Å²) < 4.78 is 0. The van der Waals surface area contributed by atoms with Crippen LogP contribution in [-0.2, 0) is 4.79 Å². The summed E-state index contributed by atoms with van der Waals surface area (Å²) in [6.07, 6.45) is 3.21. The van der Waals surface area contributed by atoms with Gasteiger partial charge in [-0.1, -0.05) is 0 Å². The maximum Gasteiger partial charge on any atom is 0.233 e. The minimum absolute atomic E-state index is 0.0819. The molecule has 0 saturated carbocycles. The van der Waals surface area contributed by atoms with E-state index in [1.165, 1.54) is 0 Å². The molecule has 2 N–H and O–H groups in total. The third-order valence-electron chi connectivity index (χ3n) is 1.74. The second kappa shape index (κ2) is 8.38. The van der Waals surface area contributed by atoms with Crippen molar-refractivity contribution in [1.29, 1.82) is 0 Å². The van der Waals surface area contributed by atoms with Gasteiger partial charge in [0.2, 0.25) is 5.91 Å². The summed E-state index contributed by atoms with van der Waals surface area (Å²) in [4.78, 5) is 11.0. The van der Waals surface area contributed by atoms with Crippen LogP contribution in [0.4, 0.5) is 0 Å². The quantitative estimate of drug-likeness (QED) is 0.646. The Morgan fingerprint density at radius 1 is 1.54 bits per heavy atom. The Morgan fingerprint density at radius 2 is 2.23 bits per heavy atom. The average molecular weight is 204 g/mol. The molecule has 0 aromatic rings. The van der Waals surface area contributed by atoms with Crippen LogP contribution in [0.5, 0.6) is 0 Å². The number of thioether (sulfide) groups is 1. The fourth-order valence-electron chi connectivity index (χ4n) is 0.923. The topological polar surface area (TPSA) is 41.1 Å². The molecule has 3 nitrogen and oxygen atoms in total. The van der Waals surface area contributed by atoms with E-state index in [0.29, 0.717) is 19.1 Å². The van der Waals surface area contributed by atoms with Crippen molar-refractivity contribution in [1.82, 2.24) is 10.6 Å². The molecule has 0 rings (SSSR count). The van der Waals surface area contributed by atoms with Gasteiger partial charge in [0.15, 0.2) is 0 Å². The second-order valence-corrected chi connectivity index (χ2v) is 4.00. The molecule has 0 aromatic carbocycles. The first-order chi connectivity index (χ1) is 6.20. The lowest BCUT2D eigenvalue weighted by Crippen LogP contribution is -2.38. The van der Waals surface area contributed by atoms with Gasteiger partial charge >= 0.3 is 0 Å². The molecule has 0 spiro atoms. The van der Waals surface area contributed by atoms with Crippen molar-refractivity contribution in [3.8, 4) is 0 Å². The molecule has 0 aromatic heterocycles. The summed E-state index contributed by atoms with van der Waals surface area (Å²) in [5, 5.41) is 5.93. The molecule has 0 bridgehead atoms. The van der Waals surface area contributed by atoms with E-state index in [9.17, 15) is 4.79 Å². The summed E-state index contributed by atoms with van der Waals surface area (Å²) in [6.45, 7) is 5.17. The molecule has 0 aliphatic heterocycles. The van der Waals surface area contributed by atoms with Crippen molar-refractivity contribution in [2.75, 3.05) is 25.1 Å². The molecular formula is C9H20N2OS. The number of hydrogen-bond donors (Lipinski definition) is 2. The van der Waals surface area contributed by atoms with Gasteiger partial charge in [0.05, 0.1) is 6.54 Å². The van der Waals surface area contributed by atoms with Crippen LogP contribution in [0.25, 0.3) is 0 Å². The molecule has 1 amide bonds. The molecular weight excluding hydrogens is 184 g/mol. The highest BCUT2D eigenvalue weighted by Gasteiger charge is 2.03. The van der Waals surface area contributed by atoms with Gasteiger partial charge in [-0.15, -0.1) is 0 Å². The van der Waals surface area contributed by atoms with Crippen LogP contribution in [0.1, 0.15) is 20.3 Å². The fourth-order valence-corrected chi connectivity index (χ4v) is 1.51. The Hall–Kier alpha value is -0.220. The monoisotopic (exact) mass is 204 g/mol. The molecule has 0 saturated heterocycles. The van der Waals surface area contributed by atoms with Gasteiger partial charge < -0.3 is 10.6 Å². The number of nitrogens with one attached hydrogen (secondary N) is 2. The Morgan fingerprint density at radius 3 is 2.77 bits per heavy atom. The lowest BCUT2D eigenvalue weighted by Gasteiger charge is -2.12. The van der Waals surface area contributed by atoms with Gasteiger partial charge in [0.25, 0.3) is 0 Å². The number of carbonyl (C=O) groups is 1. The molecule has 0 aliphatic rings. The van der Waals surface area contributed by atoms with Crippen LogP contribution in [0.15, 0.2) is 0 Å². The van der Waals surface area contributed by atoms with E-state index < -0.39 is 0 Å². The van der Waals surface area contributed by atoms with Crippen molar-refractivity contribution >= 4 is 17.7 Å². The first-order valence-corrected chi connectivity index (χ1v) is 6.09. The highest BCUT2D eigenvalue weighted by Crippen LogP contribution is 1.98. The zero-order valence-electron chi connectivity index (χ0n) is 8.72. The summed E-state index contributed by atoms with van der Waals surface area (Å²) >= 11 is 1.83. The van der Waals surface area contributed by atoms with Crippen LogP contribution in [0.2, 0.25) is 0 Å². The highest BCUT2D eigenvalue weighted by atomic mass is 32.2. The zero-order chi connectivity index (χ0) is 10.1. The lowest BCUT2D eigenvalue weighted by atomic mass is 10.2. The average Bonchev–Trinajstić information content (AvgIpc) is 2.12. The van der Waals surface area contributed by atoms with Crippen LogP contribution in [0.3, 0.4) is 0 Å². The van der Waals surface area contributed by atoms with E-state index in [-0.39, 0.29) is 5.91 Å². The van der Waals surface area contributed by atoms with Crippen LogP contribution >= 0.6 is 11.8 Å². The molecule has 13 heavy (non-hydrogen) atoms. The Balaban J connectivity index is 3.34. The molecule has 0 heterocycles. The van der Waals surface area contributed by atoms with E-state index in [4.69, 9.17) is 0 Å². The van der Waals surface area contributed by atoms with Gasteiger partial charge in [-0.05, 0) is 32.3 Å².